The monoisotopic (exact) mass is 646 g/mol. The molecule has 0 saturated heterocycles. The van der Waals surface area contributed by atoms with Crippen molar-refractivity contribution in [3.63, 3.8) is 0 Å². The molecule has 2 heterocycles. The Balaban J connectivity index is 0. The number of rotatable bonds is 6. The van der Waals surface area contributed by atoms with Gasteiger partial charge in [0.05, 0.1) is 29.1 Å². The minimum atomic E-state index is 0.695. The van der Waals surface area contributed by atoms with E-state index < -0.39 is 0 Å². The second-order valence-electron chi connectivity index (χ2n) is 5.15. The standard InChI is InChI=1S/C16H20N6.3CO.BrH.Re/c1-3-21(4-2)10-9-13-12-22(20-19-13)16-11-17-14-7-5-6-8-15(14)18-16;3*1-2;;/h5-8,11-12H,3-4,9-10H2,1-2H3;;;;1H;/q;;;;;+1/p-1. The minimum absolute atomic E-state index is 0.695. The number of nitrogens with zero attached hydrogens (tertiary/aromatic N) is 6. The molecule has 0 aliphatic carbocycles. The van der Waals surface area contributed by atoms with Crippen molar-refractivity contribution in [2.75, 3.05) is 19.6 Å². The Morgan fingerprint density at radius 3 is 2.13 bits per heavy atom. The van der Waals surface area contributed by atoms with Crippen molar-refractivity contribution < 1.29 is 31.1 Å². The van der Waals surface area contributed by atoms with E-state index in [4.69, 9.17) is 14.0 Å². The molecular formula is C19H20BrN6O3Re. The van der Waals surface area contributed by atoms with E-state index in [-0.39, 0.29) is 0 Å². The van der Waals surface area contributed by atoms with Gasteiger partial charge in [0.1, 0.15) is 0 Å². The third-order valence-electron chi connectivity index (χ3n) is 3.79. The number of benzene rings is 1. The summed E-state index contributed by atoms with van der Waals surface area (Å²) in [6, 6.07) is 7.81. The summed E-state index contributed by atoms with van der Waals surface area (Å²) >= 11 is 4.53. The van der Waals surface area contributed by atoms with E-state index in [9.17, 15) is 0 Å². The molecule has 0 unspecified atom stereocenters. The second kappa shape index (κ2) is 20.3. The number of hydrogen-bond acceptors (Lipinski definition) is 5. The van der Waals surface area contributed by atoms with Gasteiger partial charge in [-0.3, -0.25) is 4.98 Å². The number of hydrogen-bond donors (Lipinski definition) is 0. The molecule has 0 atom stereocenters. The maximum absolute atomic E-state index is 7.50. The van der Waals surface area contributed by atoms with Crippen LogP contribution in [0.3, 0.4) is 0 Å². The Bertz CT molecular complexity index is 882. The molecule has 0 bridgehead atoms. The van der Waals surface area contributed by atoms with E-state index >= 15 is 0 Å². The van der Waals surface area contributed by atoms with E-state index in [1.807, 2.05) is 30.5 Å². The fourth-order valence-electron chi connectivity index (χ4n) is 2.40. The Morgan fingerprint density at radius 1 is 1.00 bits per heavy atom. The van der Waals surface area contributed by atoms with Gasteiger partial charge in [-0.1, -0.05) is 31.2 Å². The van der Waals surface area contributed by atoms with Gasteiger partial charge < -0.3 is 4.90 Å². The van der Waals surface area contributed by atoms with Crippen LogP contribution in [0.15, 0.2) is 36.7 Å². The Morgan fingerprint density at radius 2 is 1.57 bits per heavy atom. The van der Waals surface area contributed by atoms with E-state index in [1.54, 1.807) is 10.9 Å². The van der Waals surface area contributed by atoms with Gasteiger partial charge in [0.25, 0.3) is 0 Å². The second-order valence-corrected chi connectivity index (χ2v) is 5.15. The van der Waals surface area contributed by atoms with Crippen LogP contribution in [0.25, 0.3) is 16.9 Å². The zero-order chi connectivity index (χ0) is 23.4. The predicted octanol–water partition coefficient (Wildman–Crippen LogP) is 2.83. The summed E-state index contributed by atoms with van der Waals surface area (Å²) in [6.07, 6.45) is 4.55. The van der Waals surface area contributed by atoms with Gasteiger partial charge in [-0.15, -0.1) is 5.10 Å². The van der Waals surface area contributed by atoms with Gasteiger partial charge in [0, 0.05) is 13.0 Å². The number of likely N-dealkylation sites (N-methyl/N-ethyl adjacent to an activating group) is 1. The molecule has 158 valence electrons. The topological polar surface area (TPSA) is 119 Å². The van der Waals surface area contributed by atoms with Crippen molar-refractivity contribution in [2.24, 2.45) is 0 Å². The van der Waals surface area contributed by atoms with Gasteiger partial charge >= 0.3 is 64.5 Å². The van der Waals surface area contributed by atoms with Crippen LogP contribution >= 0.6 is 13.4 Å². The Hall–Kier alpha value is -1.98. The van der Waals surface area contributed by atoms with Crippen LogP contribution in [-0.2, 0) is 37.6 Å². The first-order valence-corrected chi connectivity index (χ1v) is 14.3. The fourth-order valence-corrected chi connectivity index (χ4v) is 2.40. The fraction of sp³-hybridized carbons (Fsp3) is 0.316. The van der Waals surface area contributed by atoms with Gasteiger partial charge in [0.2, 0.25) is 0 Å². The molecule has 30 heavy (non-hydrogen) atoms. The SMILES string of the molecule is CCN(CC)CCc1cn(-c2cnc3ccccc3n2)nn1.[Br][Re].[C-]#[O+].[C-]#[O+].[C-]#[O+]. The van der Waals surface area contributed by atoms with E-state index in [2.05, 4.69) is 72.4 Å². The van der Waals surface area contributed by atoms with Crippen LogP contribution in [0.1, 0.15) is 19.5 Å². The predicted molar refractivity (Wildman–Crippen MR) is 107 cm³/mol. The first kappa shape index (κ1) is 30.2. The summed E-state index contributed by atoms with van der Waals surface area (Å²) in [5.74, 6) is 0.695. The summed E-state index contributed by atoms with van der Waals surface area (Å²) in [7, 11) is 0. The molecule has 0 fully saturated rings. The number of para-hydroxylation sites is 2. The van der Waals surface area contributed by atoms with Crippen molar-refractivity contribution in [3.8, 4) is 5.82 Å². The number of fused-ring (bicyclic) bond motifs is 1. The summed E-state index contributed by atoms with van der Waals surface area (Å²) in [6.45, 7) is 21.0. The normalized spacial score (nSPS) is 8.77. The van der Waals surface area contributed by atoms with Crippen molar-refractivity contribution in [3.05, 3.63) is 62.3 Å². The van der Waals surface area contributed by atoms with Crippen molar-refractivity contribution in [1.29, 1.82) is 0 Å². The Labute approximate surface area is 193 Å². The van der Waals surface area contributed by atoms with E-state index in [0.717, 1.165) is 42.8 Å². The molecule has 0 N–H and O–H groups in total. The number of aromatic nitrogens is 5. The molecule has 9 nitrogen and oxygen atoms in total. The van der Waals surface area contributed by atoms with Crippen LogP contribution in [0, 0.1) is 20.0 Å². The van der Waals surface area contributed by atoms with E-state index in [0.29, 0.717) is 5.82 Å². The van der Waals surface area contributed by atoms with Gasteiger partial charge in [-0.05, 0) is 25.2 Å². The quantitative estimate of drug-likeness (QED) is 0.302. The first-order valence-electron chi connectivity index (χ1n) is 8.41. The van der Waals surface area contributed by atoms with Gasteiger partial charge in [0.15, 0.2) is 5.82 Å². The molecule has 1 aromatic carbocycles. The summed E-state index contributed by atoms with van der Waals surface area (Å²) in [4.78, 5) is 11.4. The molecule has 11 heteroatoms. The van der Waals surface area contributed by atoms with Gasteiger partial charge in [-0.25, -0.2) is 9.67 Å². The molecule has 3 aromatic rings. The third kappa shape index (κ3) is 10.2. The van der Waals surface area contributed by atoms with Crippen molar-refractivity contribution in [1.82, 2.24) is 29.9 Å². The molecule has 3 rings (SSSR count). The van der Waals surface area contributed by atoms with Crippen LogP contribution in [-0.4, -0.2) is 49.5 Å². The Kier molecular flexibility index (Phi) is 20.4. The van der Waals surface area contributed by atoms with E-state index in [1.165, 1.54) is 17.2 Å². The molecule has 0 amide bonds. The summed E-state index contributed by atoms with van der Waals surface area (Å²) in [5.41, 5.74) is 2.72. The third-order valence-corrected chi connectivity index (χ3v) is 3.79. The molecule has 0 saturated carbocycles. The van der Waals surface area contributed by atoms with Crippen molar-refractivity contribution >= 4 is 24.5 Å². The summed E-state index contributed by atoms with van der Waals surface area (Å²) < 4.78 is 24.2. The average molecular weight is 647 g/mol. The summed E-state index contributed by atoms with van der Waals surface area (Å²) in [5, 5.41) is 8.40. The molecular weight excluding hydrogens is 626 g/mol. The zero-order valence-corrected chi connectivity index (χ0v) is 20.8. The molecule has 0 aliphatic rings. The molecule has 0 spiro atoms. The first-order chi connectivity index (χ1) is 14.8. The molecule has 0 radical (unpaired) electrons. The zero-order valence-electron chi connectivity index (χ0n) is 16.5. The van der Waals surface area contributed by atoms with Crippen LogP contribution in [0.4, 0.5) is 0 Å². The van der Waals surface area contributed by atoms with Crippen molar-refractivity contribution in [2.45, 2.75) is 20.3 Å². The number of halogens is 1. The molecule has 0 aliphatic heterocycles. The van der Waals surface area contributed by atoms with Crippen LogP contribution < -0.4 is 0 Å². The van der Waals surface area contributed by atoms with Crippen LogP contribution in [0.5, 0.6) is 0 Å². The molecule has 2 aromatic heterocycles. The van der Waals surface area contributed by atoms with Gasteiger partial charge in [-0.2, -0.15) is 0 Å². The maximum atomic E-state index is 7.50. The van der Waals surface area contributed by atoms with Crippen LogP contribution in [0.2, 0.25) is 0 Å². The average Bonchev–Trinajstić information content (AvgIpc) is 3.34.